The maximum atomic E-state index is 12.1. The zero-order chi connectivity index (χ0) is 13.3. The predicted molar refractivity (Wildman–Crippen MR) is 75.6 cm³/mol. The molecular formula is C12H16N2O2S2. The first-order chi connectivity index (χ1) is 8.42. The van der Waals surface area contributed by atoms with Crippen LogP contribution in [0.5, 0.6) is 0 Å². The van der Waals surface area contributed by atoms with E-state index in [4.69, 9.17) is 18.0 Å². The zero-order valence-electron chi connectivity index (χ0n) is 10.1. The van der Waals surface area contributed by atoms with Gasteiger partial charge in [0.15, 0.2) is 0 Å². The monoisotopic (exact) mass is 284 g/mol. The number of hydrogen-bond donors (Lipinski definition) is 1. The van der Waals surface area contributed by atoms with Crippen LogP contribution in [0.3, 0.4) is 0 Å². The number of hydrogen-bond acceptors (Lipinski definition) is 3. The van der Waals surface area contributed by atoms with Crippen molar-refractivity contribution in [1.29, 1.82) is 0 Å². The van der Waals surface area contributed by atoms with Gasteiger partial charge in [-0.1, -0.05) is 49.5 Å². The van der Waals surface area contributed by atoms with Gasteiger partial charge in [0.2, 0.25) is 10.0 Å². The van der Waals surface area contributed by atoms with Crippen molar-refractivity contribution in [3.05, 3.63) is 35.9 Å². The van der Waals surface area contributed by atoms with E-state index in [1.165, 1.54) is 4.31 Å². The van der Waals surface area contributed by atoms with E-state index in [1.54, 1.807) is 0 Å². The lowest BCUT2D eigenvalue weighted by atomic mass is 10.1. The normalized spacial score (nSPS) is 24.8. The quantitative estimate of drug-likeness (QED) is 0.850. The molecule has 1 aliphatic heterocycles. The molecule has 0 aliphatic carbocycles. The van der Waals surface area contributed by atoms with E-state index >= 15 is 0 Å². The number of thiocarbonyl (C=S) groups is 1. The molecule has 1 heterocycles. The number of benzene rings is 1. The van der Waals surface area contributed by atoms with Gasteiger partial charge < -0.3 is 5.73 Å². The minimum absolute atomic E-state index is 0.107. The lowest BCUT2D eigenvalue weighted by molar-refractivity contribution is 0.385. The first-order valence-corrected chi connectivity index (χ1v) is 7.77. The molecule has 1 aliphatic rings. The van der Waals surface area contributed by atoms with Gasteiger partial charge in [-0.25, -0.2) is 8.42 Å². The van der Waals surface area contributed by atoms with Gasteiger partial charge in [-0.05, 0) is 11.5 Å². The van der Waals surface area contributed by atoms with E-state index < -0.39 is 16.1 Å². The largest absolute Gasteiger partial charge is 0.392 e. The maximum absolute atomic E-state index is 12.1. The summed E-state index contributed by atoms with van der Waals surface area (Å²) >= 11 is 5.05. The molecule has 2 N–H and O–H groups in total. The molecule has 2 rings (SSSR count). The Morgan fingerprint density at radius 2 is 2.06 bits per heavy atom. The van der Waals surface area contributed by atoms with Crippen molar-refractivity contribution in [3.8, 4) is 0 Å². The van der Waals surface area contributed by atoms with Crippen LogP contribution in [0.1, 0.15) is 18.5 Å². The van der Waals surface area contributed by atoms with Gasteiger partial charge in [-0.2, -0.15) is 4.31 Å². The Morgan fingerprint density at radius 1 is 1.44 bits per heavy atom. The minimum atomic E-state index is -3.26. The lowest BCUT2D eigenvalue weighted by Crippen LogP contribution is -2.38. The molecule has 0 spiro atoms. The summed E-state index contributed by atoms with van der Waals surface area (Å²) in [6.45, 7) is 2.39. The van der Waals surface area contributed by atoms with Crippen LogP contribution in [0.15, 0.2) is 30.3 Å². The van der Waals surface area contributed by atoms with Crippen LogP contribution in [0.2, 0.25) is 0 Å². The molecule has 98 valence electrons. The van der Waals surface area contributed by atoms with Crippen LogP contribution in [0.25, 0.3) is 0 Å². The van der Waals surface area contributed by atoms with Crippen molar-refractivity contribution < 1.29 is 8.42 Å². The van der Waals surface area contributed by atoms with Crippen LogP contribution in [0, 0.1) is 5.92 Å². The molecule has 1 fully saturated rings. The molecule has 1 aromatic rings. The van der Waals surface area contributed by atoms with Crippen molar-refractivity contribution in [2.75, 3.05) is 12.3 Å². The van der Waals surface area contributed by atoms with Gasteiger partial charge in [-0.3, -0.25) is 0 Å². The third-order valence-corrected chi connectivity index (χ3v) is 5.30. The molecule has 6 heteroatoms. The van der Waals surface area contributed by atoms with Crippen LogP contribution < -0.4 is 5.73 Å². The average Bonchev–Trinajstić information content (AvgIpc) is 2.53. The number of sulfonamides is 1. The summed E-state index contributed by atoms with van der Waals surface area (Å²) in [5, 5.41) is 0. The molecule has 0 aromatic heterocycles. The maximum Gasteiger partial charge on any atom is 0.215 e. The summed E-state index contributed by atoms with van der Waals surface area (Å²) in [5.74, 6) is 0.273. The summed E-state index contributed by atoms with van der Waals surface area (Å²) in [6, 6.07) is 8.75. The smallest absolute Gasteiger partial charge is 0.215 e. The third-order valence-electron chi connectivity index (χ3n) is 3.02. The molecule has 2 atom stereocenters. The number of nitrogens with zero attached hydrogens (tertiary/aromatic N) is 1. The van der Waals surface area contributed by atoms with Gasteiger partial charge >= 0.3 is 0 Å². The highest BCUT2D eigenvalue weighted by Gasteiger charge is 2.40. The van der Waals surface area contributed by atoms with Gasteiger partial charge in [0.1, 0.15) is 0 Å². The van der Waals surface area contributed by atoms with E-state index in [1.807, 2.05) is 37.3 Å². The van der Waals surface area contributed by atoms with Crippen LogP contribution in [0.4, 0.5) is 0 Å². The van der Waals surface area contributed by atoms with Gasteiger partial charge in [0.25, 0.3) is 0 Å². The van der Waals surface area contributed by atoms with E-state index in [0.29, 0.717) is 6.54 Å². The zero-order valence-corrected chi connectivity index (χ0v) is 11.7. The standard InChI is InChI=1S/C12H16N2O2S2/c1-9-7-14(18(15,16)8-9)11(12(13)17)10-5-3-2-4-6-10/h2-6,9,11H,7-8H2,1H3,(H2,13,17). The molecule has 0 radical (unpaired) electrons. The summed E-state index contributed by atoms with van der Waals surface area (Å²) in [4.78, 5) is 0.193. The highest BCUT2D eigenvalue weighted by atomic mass is 32.2. The van der Waals surface area contributed by atoms with Crippen molar-refractivity contribution in [2.24, 2.45) is 11.7 Å². The van der Waals surface area contributed by atoms with Gasteiger partial charge in [0, 0.05) is 6.54 Å². The molecule has 18 heavy (non-hydrogen) atoms. The molecule has 2 unspecified atom stereocenters. The van der Waals surface area contributed by atoms with E-state index in [0.717, 1.165) is 5.56 Å². The van der Waals surface area contributed by atoms with Crippen molar-refractivity contribution >= 4 is 27.2 Å². The minimum Gasteiger partial charge on any atom is -0.392 e. The first kappa shape index (κ1) is 13.5. The highest BCUT2D eigenvalue weighted by molar-refractivity contribution is 7.89. The molecule has 1 aromatic carbocycles. The average molecular weight is 284 g/mol. The second-order valence-electron chi connectivity index (χ2n) is 4.67. The Morgan fingerprint density at radius 3 is 2.50 bits per heavy atom. The highest BCUT2D eigenvalue weighted by Crippen LogP contribution is 2.30. The number of nitrogens with two attached hydrogens (primary N) is 1. The molecular weight excluding hydrogens is 268 g/mol. The van der Waals surface area contributed by atoms with Gasteiger partial charge in [0.05, 0.1) is 16.8 Å². The second kappa shape index (κ2) is 4.95. The molecule has 0 amide bonds. The van der Waals surface area contributed by atoms with E-state index in [9.17, 15) is 8.42 Å². The van der Waals surface area contributed by atoms with Crippen LogP contribution >= 0.6 is 12.2 Å². The second-order valence-corrected chi connectivity index (χ2v) is 7.11. The summed E-state index contributed by atoms with van der Waals surface area (Å²) in [6.07, 6.45) is 0. The van der Waals surface area contributed by atoms with Crippen molar-refractivity contribution in [2.45, 2.75) is 13.0 Å². The third kappa shape index (κ3) is 2.55. The SMILES string of the molecule is CC1CN(C(C(N)=S)c2ccccc2)S(=O)(=O)C1. The Labute approximate surface area is 113 Å². The van der Waals surface area contributed by atoms with Crippen LogP contribution in [-0.4, -0.2) is 30.0 Å². The summed E-state index contributed by atoms with van der Waals surface area (Å²) in [7, 11) is -3.26. The van der Waals surface area contributed by atoms with E-state index in [-0.39, 0.29) is 16.7 Å². The van der Waals surface area contributed by atoms with Crippen molar-refractivity contribution in [3.63, 3.8) is 0 Å². The fourth-order valence-electron chi connectivity index (χ4n) is 2.30. The van der Waals surface area contributed by atoms with Gasteiger partial charge in [-0.15, -0.1) is 0 Å². The fourth-order valence-corrected chi connectivity index (χ4v) is 4.69. The lowest BCUT2D eigenvalue weighted by Gasteiger charge is -2.25. The van der Waals surface area contributed by atoms with E-state index in [2.05, 4.69) is 0 Å². The predicted octanol–water partition coefficient (Wildman–Crippen LogP) is 1.30. The Kier molecular flexibility index (Phi) is 3.70. The first-order valence-electron chi connectivity index (χ1n) is 5.75. The summed E-state index contributed by atoms with van der Waals surface area (Å²) < 4.78 is 25.6. The molecule has 1 saturated heterocycles. The van der Waals surface area contributed by atoms with Crippen molar-refractivity contribution in [1.82, 2.24) is 4.31 Å². The molecule has 4 nitrogen and oxygen atoms in total. The summed E-state index contributed by atoms with van der Waals surface area (Å²) in [5.41, 5.74) is 6.56. The Balaban J connectivity index is 2.42. The molecule has 0 saturated carbocycles. The topological polar surface area (TPSA) is 63.4 Å². The van der Waals surface area contributed by atoms with Crippen LogP contribution in [-0.2, 0) is 10.0 Å². The Bertz CT molecular complexity index is 542. The fraction of sp³-hybridized carbons (Fsp3) is 0.417. The molecule has 0 bridgehead atoms. The Hall–Kier alpha value is -0.980. The number of rotatable bonds is 3.